The Morgan fingerprint density at radius 3 is 2.22 bits per heavy atom. The first-order valence-corrected chi connectivity index (χ1v) is 13.5. The van der Waals surface area contributed by atoms with Crippen molar-refractivity contribution in [2.45, 2.75) is 32.6 Å². The predicted octanol–water partition coefficient (Wildman–Crippen LogP) is 4.61. The fraction of sp³-hybridized carbons (Fsp3) is 0.286. The zero-order valence-corrected chi connectivity index (χ0v) is 22.3. The van der Waals surface area contributed by atoms with Crippen LogP contribution >= 0.6 is 0 Å². The van der Waals surface area contributed by atoms with Crippen molar-refractivity contribution < 1.29 is 22.7 Å². The third-order valence-electron chi connectivity index (χ3n) is 5.45. The van der Waals surface area contributed by atoms with E-state index in [9.17, 15) is 18.0 Å². The van der Waals surface area contributed by atoms with Crippen LogP contribution in [0.15, 0.2) is 77.7 Å². The lowest BCUT2D eigenvalue weighted by molar-refractivity contribution is -0.114. The summed E-state index contributed by atoms with van der Waals surface area (Å²) in [6.07, 6.45) is 0. The summed E-state index contributed by atoms with van der Waals surface area (Å²) < 4.78 is 33.8. The minimum absolute atomic E-state index is 0.0257. The molecule has 0 radical (unpaired) electrons. The summed E-state index contributed by atoms with van der Waals surface area (Å²) >= 11 is 0. The van der Waals surface area contributed by atoms with Crippen LogP contribution in [0.25, 0.3) is 0 Å². The van der Waals surface area contributed by atoms with Crippen LogP contribution in [0.5, 0.6) is 5.75 Å². The van der Waals surface area contributed by atoms with E-state index in [1.165, 1.54) is 12.1 Å². The lowest BCUT2D eigenvalue weighted by Gasteiger charge is -2.24. The molecule has 0 bridgehead atoms. The van der Waals surface area contributed by atoms with Crippen molar-refractivity contribution in [3.63, 3.8) is 0 Å². The van der Waals surface area contributed by atoms with Gasteiger partial charge in [0.2, 0.25) is 5.91 Å². The van der Waals surface area contributed by atoms with Crippen LogP contribution in [0.4, 0.5) is 11.4 Å². The van der Waals surface area contributed by atoms with E-state index in [-0.39, 0.29) is 16.7 Å². The Kier molecular flexibility index (Phi) is 9.30. The smallest absolute Gasteiger partial charge is 0.264 e. The molecule has 0 unspecified atom stereocenters. The van der Waals surface area contributed by atoms with Crippen molar-refractivity contribution >= 4 is 33.2 Å². The van der Waals surface area contributed by atoms with Gasteiger partial charge in [-0.1, -0.05) is 43.7 Å². The Bertz CT molecular complexity index is 1320. The number of anilines is 2. The highest BCUT2D eigenvalue weighted by molar-refractivity contribution is 7.92. The Labute approximate surface area is 218 Å². The number of amides is 2. The van der Waals surface area contributed by atoms with Crippen molar-refractivity contribution in [1.29, 1.82) is 0 Å². The summed E-state index contributed by atoms with van der Waals surface area (Å²) in [6.45, 7) is 8.16. The monoisotopic (exact) mass is 523 g/mol. The molecule has 3 rings (SSSR count). The number of nitrogens with one attached hydrogen (secondary N) is 2. The lowest BCUT2D eigenvalue weighted by Crippen LogP contribution is -2.38. The van der Waals surface area contributed by atoms with Crippen molar-refractivity contribution in [3.05, 3.63) is 83.9 Å². The third kappa shape index (κ3) is 7.33. The minimum atomic E-state index is -4.09. The van der Waals surface area contributed by atoms with Gasteiger partial charge in [0, 0.05) is 6.54 Å². The summed E-state index contributed by atoms with van der Waals surface area (Å²) in [4.78, 5) is 25.8. The second kappa shape index (κ2) is 12.4. The maximum Gasteiger partial charge on any atom is 0.264 e. The van der Waals surface area contributed by atoms with Crippen LogP contribution < -0.4 is 19.7 Å². The molecule has 0 saturated carbocycles. The standard InChI is InChI=1S/C28H33N3O5S/c1-5-36-23-14-16-24(17-15-23)37(34,35)31(22-12-10-21(4)11-13-22)19-27(32)30-26-9-7-6-8-25(26)28(33)29-18-20(2)3/h6-17,20H,5,18-19H2,1-4H3,(H,29,33)(H,30,32). The van der Waals surface area contributed by atoms with Gasteiger partial charge >= 0.3 is 0 Å². The highest BCUT2D eigenvalue weighted by Crippen LogP contribution is 2.26. The van der Waals surface area contributed by atoms with E-state index >= 15 is 0 Å². The van der Waals surface area contributed by atoms with Gasteiger partial charge in [0.25, 0.3) is 15.9 Å². The number of rotatable bonds is 11. The molecule has 0 aliphatic carbocycles. The van der Waals surface area contributed by atoms with Gasteiger partial charge < -0.3 is 15.4 Å². The maximum atomic E-state index is 13.6. The Morgan fingerprint density at radius 1 is 0.946 bits per heavy atom. The average Bonchev–Trinajstić information content (AvgIpc) is 2.87. The van der Waals surface area contributed by atoms with Gasteiger partial charge in [-0.15, -0.1) is 0 Å². The van der Waals surface area contributed by atoms with E-state index < -0.39 is 22.5 Å². The third-order valence-corrected chi connectivity index (χ3v) is 7.24. The number of ether oxygens (including phenoxy) is 1. The molecule has 37 heavy (non-hydrogen) atoms. The molecule has 0 heterocycles. The fourth-order valence-electron chi connectivity index (χ4n) is 3.53. The van der Waals surface area contributed by atoms with Crippen molar-refractivity contribution in [3.8, 4) is 5.75 Å². The van der Waals surface area contributed by atoms with E-state index in [2.05, 4.69) is 10.6 Å². The molecule has 3 aromatic carbocycles. The van der Waals surface area contributed by atoms with E-state index in [0.29, 0.717) is 35.8 Å². The first-order chi connectivity index (χ1) is 17.6. The Hall–Kier alpha value is -3.85. The fourth-order valence-corrected chi connectivity index (χ4v) is 4.95. The summed E-state index contributed by atoms with van der Waals surface area (Å²) in [5, 5.41) is 5.55. The molecule has 0 aliphatic rings. The number of carbonyl (C=O) groups is 2. The molecule has 196 valence electrons. The van der Waals surface area contributed by atoms with Gasteiger partial charge in [-0.2, -0.15) is 0 Å². The number of hydrogen-bond donors (Lipinski definition) is 2. The van der Waals surface area contributed by atoms with Crippen molar-refractivity contribution in [2.24, 2.45) is 5.92 Å². The van der Waals surface area contributed by atoms with E-state index in [1.807, 2.05) is 27.7 Å². The maximum absolute atomic E-state index is 13.6. The number of para-hydroxylation sites is 1. The molecule has 2 N–H and O–H groups in total. The molecular weight excluding hydrogens is 490 g/mol. The topological polar surface area (TPSA) is 105 Å². The van der Waals surface area contributed by atoms with Gasteiger partial charge in [-0.05, 0) is 68.3 Å². The largest absolute Gasteiger partial charge is 0.494 e. The summed E-state index contributed by atoms with van der Waals surface area (Å²) in [6, 6.07) is 19.6. The van der Waals surface area contributed by atoms with Gasteiger partial charge in [-0.3, -0.25) is 13.9 Å². The average molecular weight is 524 g/mol. The highest BCUT2D eigenvalue weighted by Gasteiger charge is 2.28. The summed E-state index contributed by atoms with van der Waals surface area (Å²) in [7, 11) is -4.09. The SMILES string of the molecule is CCOc1ccc(S(=O)(=O)N(CC(=O)Nc2ccccc2C(=O)NCC(C)C)c2ccc(C)cc2)cc1. The number of carbonyl (C=O) groups excluding carboxylic acids is 2. The first kappa shape index (κ1) is 27.7. The first-order valence-electron chi connectivity index (χ1n) is 12.1. The second-order valence-corrected chi connectivity index (χ2v) is 10.8. The molecule has 0 aliphatic heterocycles. The molecule has 0 atom stereocenters. The molecule has 0 spiro atoms. The molecule has 2 amide bonds. The summed E-state index contributed by atoms with van der Waals surface area (Å²) in [5.74, 6) is -0.0868. The Morgan fingerprint density at radius 2 is 1.59 bits per heavy atom. The molecule has 8 nitrogen and oxygen atoms in total. The number of nitrogens with zero attached hydrogens (tertiary/aromatic N) is 1. The van der Waals surface area contributed by atoms with E-state index in [4.69, 9.17) is 4.74 Å². The zero-order chi connectivity index (χ0) is 27.0. The molecular formula is C28H33N3O5S. The van der Waals surface area contributed by atoms with Gasteiger partial charge in [0.15, 0.2) is 0 Å². The van der Waals surface area contributed by atoms with Gasteiger partial charge in [0.05, 0.1) is 28.4 Å². The van der Waals surface area contributed by atoms with E-state index in [0.717, 1.165) is 9.87 Å². The van der Waals surface area contributed by atoms with Crippen LogP contribution in [0, 0.1) is 12.8 Å². The second-order valence-electron chi connectivity index (χ2n) is 8.95. The van der Waals surface area contributed by atoms with E-state index in [1.54, 1.807) is 60.7 Å². The highest BCUT2D eigenvalue weighted by atomic mass is 32.2. The molecule has 3 aromatic rings. The zero-order valence-electron chi connectivity index (χ0n) is 21.5. The lowest BCUT2D eigenvalue weighted by atomic mass is 10.1. The minimum Gasteiger partial charge on any atom is -0.494 e. The normalized spacial score (nSPS) is 11.2. The van der Waals surface area contributed by atoms with Crippen molar-refractivity contribution in [2.75, 3.05) is 29.3 Å². The van der Waals surface area contributed by atoms with Gasteiger partial charge in [-0.25, -0.2) is 8.42 Å². The Balaban J connectivity index is 1.89. The van der Waals surface area contributed by atoms with Crippen molar-refractivity contribution in [1.82, 2.24) is 5.32 Å². The quantitative estimate of drug-likeness (QED) is 0.382. The predicted molar refractivity (Wildman–Crippen MR) is 146 cm³/mol. The van der Waals surface area contributed by atoms with Gasteiger partial charge in [0.1, 0.15) is 12.3 Å². The molecule has 9 heteroatoms. The number of aryl methyl sites for hydroxylation is 1. The van der Waals surface area contributed by atoms with Crippen LogP contribution in [-0.4, -0.2) is 39.9 Å². The molecule has 0 aromatic heterocycles. The number of hydrogen-bond acceptors (Lipinski definition) is 5. The number of benzene rings is 3. The molecule has 0 saturated heterocycles. The number of sulfonamides is 1. The van der Waals surface area contributed by atoms with Crippen LogP contribution in [0.2, 0.25) is 0 Å². The summed E-state index contributed by atoms with van der Waals surface area (Å²) in [5.41, 5.74) is 1.90. The van der Waals surface area contributed by atoms with Crippen LogP contribution in [0.1, 0.15) is 36.7 Å². The van der Waals surface area contributed by atoms with Crippen LogP contribution in [-0.2, 0) is 14.8 Å². The van der Waals surface area contributed by atoms with Crippen LogP contribution in [0.3, 0.4) is 0 Å². The molecule has 0 fully saturated rings.